The molecule has 0 heterocycles. The predicted molar refractivity (Wildman–Crippen MR) is 54.6 cm³/mol. The Labute approximate surface area is 87.7 Å². The normalized spacial score (nSPS) is 13.3. The summed E-state index contributed by atoms with van der Waals surface area (Å²) in [5.41, 5.74) is 0.434. The molecule has 0 spiro atoms. The molecule has 1 rings (SSSR count). The largest absolute Gasteiger partial charge is 0.374 e. The van der Waals surface area contributed by atoms with Crippen molar-refractivity contribution in [1.29, 1.82) is 0 Å². The maximum absolute atomic E-state index is 12.9. The molecule has 0 aliphatic carbocycles. The van der Waals surface area contributed by atoms with Crippen molar-refractivity contribution in [1.82, 2.24) is 5.32 Å². The Morgan fingerprint density at radius 3 is 2.50 bits per heavy atom. The molecule has 0 aliphatic heterocycles. The fourth-order valence-corrected chi connectivity index (χ4v) is 1.38. The lowest BCUT2D eigenvalue weighted by molar-refractivity contribution is 0.128. The zero-order valence-corrected chi connectivity index (χ0v) is 8.85. The predicted octanol–water partition coefficient (Wildman–Crippen LogP) is 2.47. The number of aliphatic hydroxyl groups excluding tert-OH is 1. The van der Waals surface area contributed by atoms with Crippen LogP contribution in [0.3, 0.4) is 0 Å². The van der Waals surface area contributed by atoms with E-state index in [0.29, 0.717) is 5.56 Å². The molecule has 1 aromatic rings. The summed E-state index contributed by atoms with van der Waals surface area (Å²) in [7, 11) is 0. The Bertz CT molecular complexity index is 297. The maximum Gasteiger partial charge on any atom is 0.131 e. The molecule has 0 amide bonds. The average Bonchev–Trinajstić information content (AvgIpc) is 2.00. The quantitative estimate of drug-likeness (QED) is 0.763. The smallest absolute Gasteiger partial charge is 0.131 e. The first-order chi connectivity index (χ1) is 6.49. The van der Waals surface area contributed by atoms with Crippen molar-refractivity contribution in [3.8, 4) is 0 Å². The van der Waals surface area contributed by atoms with Gasteiger partial charge < -0.3 is 5.11 Å². The van der Waals surface area contributed by atoms with Crippen LogP contribution in [0.15, 0.2) is 18.2 Å². The van der Waals surface area contributed by atoms with Crippen LogP contribution in [-0.4, -0.2) is 11.1 Å². The molecule has 0 aliphatic rings. The summed E-state index contributed by atoms with van der Waals surface area (Å²) in [5.74, 6) is -0.447. The molecule has 0 saturated heterocycles. The first-order valence-electron chi connectivity index (χ1n) is 4.39. The number of benzene rings is 1. The summed E-state index contributed by atoms with van der Waals surface area (Å²) in [6.07, 6.45) is -0.886. The van der Waals surface area contributed by atoms with Gasteiger partial charge in [0.25, 0.3) is 0 Å². The molecular weight excluding hydrogens is 205 g/mol. The molecule has 0 radical (unpaired) electrons. The first-order valence-corrected chi connectivity index (χ1v) is 4.77. The van der Waals surface area contributed by atoms with Gasteiger partial charge in [-0.3, -0.25) is 5.32 Å². The third-order valence-electron chi connectivity index (χ3n) is 1.69. The van der Waals surface area contributed by atoms with E-state index in [0.717, 1.165) is 0 Å². The maximum atomic E-state index is 12.9. The van der Waals surface area contributed by atoms with Crippen molar-refractivity contribution in [3.63, 3.8) is 0 Å². The van der Waals surface area contributed by atoms with E-state index < -0.39 is 12.0 Å². The van der Waals surface area contributed by atoms with Gasteiger partial charge in [-0.2, -0.15) is 0 Å². The van der Waals surface area contributed by atoms with Gasteiger partial charge in [0.05, 0.1) is 0 Å². The van der Waals surface area contributed by atoms with Gasteiger partial charge in [0.2, 0.25) is 0 Å². The van der Waals surface area contributed by atoms with Gasteiger partial charge >= 0.3 is 0 Å². The summed E-state index contributed by atoms with van der Waals surface area (Å²) in [6.45, 7) is 3.79. The molecular formula is C10H13ClFNO. The van der Waals surface area contributed by atoms with Crippen LogP contribution in [0, 0.1) is 5.82 Å². The second-order valence-electron chi connectivity index (χ2n) is 3.43. The molecule has 0 saturated carbocycles. The lowest BCUT2D eigenvalue weighted by atomic mass is 10.2. The van der Waals surface area contributed by atoms with E-state index in [9.17, 15) is 9.50 Å². The zero-order chi connectivity index (χ0) is 10.7. The van der Waals surface area contributed by atoms with Crippen LogP contribution in [0.25, 0.3) is 0 Å². The summed E-state index contributed by atoms with van der Waals surface area (Å²) in [4.78, 5) is 0. The van der Waals surface area contributed by atoms with Gasteiger partial charge in [-0.05, 0) is 37.6 Å². The Morgan fingerprint density at radius 2 is 2.00 bits per heavy atom. The molecule has 78 valence electrons. The number of nitrogens with one attached hydrogen (secondary N) is 1. The van der Waals surface area contributed by atoms with Crippen LogP contribution >= 0.6 is 11.6 Å². The van der Waals surface area contributed by atoms with E-state index in [1.807, 2.05) is 13.8 Å². The Hall–Kier alpha value is -0.640. The Morgan fingerprint density at radius 1 is 1.36 bits per heavy atom. The Balaban J connectivity index is 2.84. The lowest BCUT2D eigenvalue weighted by Crippen LogP contribution is -2.27. The SMILES string of the molecule is CC(C)NC(O)c1cc(F)cc(Cl)c1. The van der Waals surface area contributed by atoms with Crippen LogP contribution < -0.4 is 5.32 Å². The summed E-state index contributed by atoms with van der Waals surface area (Å²) >= 11 is 5.65. The van der Waals surface area contributed by atoms with Gasteiger partial charge in [-0.1, -0.05) is 11.6 Å². The van der Waals surface area contributed by atoms with Gasteiger partial charge in [-0.15, -0.1) is 0 Å². The van der Waals surface area contributed by atoms with Crippen LogP contribution in [-0.2, 0) is 0 Å². The number of hydrogen-bond donors (Lipinski definition) is 2. The van der Waals surface area contributed by atoms with Crippen LogP contribution in [0.1, 0.15) is 25.6 Å². The molecule has 14 heavy (non-hydrogen) atoms. The molecule has 1 atom stereocenters. The van der Waals surface area contributed by atoms with Crippen molar-refractivity contribution in [3.05, 3.63) is 34.6 Å². The molecule has 2 nitrogen and oxygen atoms in total. The topological polar surface area (TPSA) is 32.3 Å². The van der Waals surface area contributed by atoms with Gasteiger partial charge in [-0.25, -0.2) is 4.39 Å². The van der Waals surface area contributed by atoms with E-state index in [2.05, 4.69) is 5.32 Å². The minimum absolute atomic E-state index is 0.118. The van der Waals surface area contributed by atoms with E-state index in [1.54, 1.807) is 0 Å². The van der Waals surface area contributed by atoms with Crippen molar-refractivity contribution in [2.75, 3.05) is 0 Å². The molecule has 4 heteroatoms. The number of rotatable bonds is 3. The van der Waals surface area contributed by atoms with Gasteiger partial charge in [0.1, 0.15) is 12.0 Å². The van der Waals surface area contributed by atoms with Crippen molar-refractivity contribution < 1.29 is 9.50 Å². The van der Waals surface area contributed by atoms with E-state index in [-0.39, 0.29) is 11.1 Å². The van der Waals surface area contributed by atoms with Gasteiger partial charge in [0, 0.05) is 11.1 Å². The Kier molecular flexibility index (Phi) is 3.86. The molecule has 0 fully saturated rings. The fraction of sp³-hybridized carbons (Fsp3) is 0.400. The standard InChI is InChI=1S/C10H13ClFNO/c1-6(2)13-10(14)7-3-8(11)5-9(12)4-7/h3-6,10,13-14H,1-2H3. The average molecular weight is 218 g/mol. The fourth-order valence-electron chi connectivity index (χ4n) is 1.14. The highest BCUT2D eigenvalue weighted by molar-refractivity contribution is 6.30. The third kappa shape index (κ3) is 3.25. The van der Waals surface area contributed by atoms with Crippen molar-refractivity contribution in [2.45, 2.75) is 26.1 Å². The van der Waals surface area contributed by atoms with E-state index in [4.69, 9.17) is 11.6 Å². The number of halogens is 2. The monoisotopic (exact) mass is 217 g/mol. The second kappa shape index (κ2) is 4.73. The second-order valence-corrected chi connectivity index (χ2v) is 3.86. The minimum Gasteiger partial charge on any atom is -0.374 e. The van der Waals surface area contributed by atoms with E-state index in [1.165, 1.54) is 18.2 Å². The summed E-state index contributed by atoms with van der Waals surface area (Å²) in [6, 6.07) is 4.11. The number of hydrogen-bond acceptors (Lipinski definition) is 2. The lowest BCUT2D eigenvalue weighted by Gasteiger charge is -2.16. The minimum atomic E-state index is -0.886. The highest BCUT2D eigenvalue weighted by Crippen LogP contribution is 2.18. The summed E-state index contributed by atoms with van der Waals surface area (Å²) < 4.78 is 12.9. The van der Waals surface area contributed by atoms with Crippen molar-refractivity contribution >= 4 is 11.6 Å². The van der Waals surface area contributed by atoms with E-state index >= 15 is 0 Å². The molecule has 1 unspecified atom stereocenters. The van der Waals surface area contributed by atoms with Crippen LogP contribution in [0.2, 0.25) is 5.02 Å². The first kappa shape index (κ1) is 11.4. The number of aliphatic hydroxyl groups is 1. The molecule has 0 bridgehead atoms. The van der Waals surface area contributed by atoms with Gasteiger partial charge in [0.15, 0.2) is 0 Å². The summed E-state index contributed by atoms with van der Waals surface area (Å²) in [5, 5.41) is 12.7. The highest BCUT2D eigenvalue weighted by Gasteiger charge is 2.10. The molecule has 0 aromatic heterocycles. The zero-order valence-electron chi connectivity index (χ0n) is 8.09. The molecule has 1 aromatic carbocycles. The van der Waals surface area contributed by atoms with Crippen molar-refractivity contribution in [2.24, 2.45) is 0 Å². The van der Waals surface area contributed by atoms with Crippen LogP contribution in [0.5, 0.6) is 0 Å². The highest BCUT2D eigenvalue weighted by atomic mass is 35.5. The van der Waals surface area contributed by atoms with Crippen LogP contribution in [0.4, 0.5) is 4.39 Å². The third-order valence-corrected chi connectivity index (χ3v) is 1.91. The molecule has 2 N–H and O–H groups in total.